The van der Waals surface area contributed by atoms with Gasteiger partial charge in [0, 0.05) is 0 Å². The number of esters is 1. The molecule has 0 aliphatic rings. The largest absolute Gasteiger partial charge is 0.494 e. The molecule has 0 aliphatic heterocycles. The van der Waals surface area contributed by atoms with Gasteiger partial charge in [-0.25, -0.2) is 4.79 Å². The summed E-state index contributed by atoms with van der Waals surface area (Å²) in [6.07, 6.45) is 17.5. The van der Waals surface area contributed by atoms with Crippen molar-refractivity contribution in [1.29, 1.82) is 0 Å². The van der Waals surface area contributed by atoms with Gasteiger partial charge in [-0.2, -0.15) is 0 Å². The quantitative estimate of drug-likeness (QED) is 0.0867. The third kappa shape index (κ3) is 13.7. The number of benzene rings is 3. The van der Waals surface area contributed by atoms with Gasteiger partial charge >= 0.3 is 5.97 Å². The second-order valence-electron chi connectivity index (χ2n) is 11.8. The van der Waals surface area contributed by atoms with E-state index >= 15 is 0 Å². The number of carbonyl (C=O) groups is 1. The number of carbonyl (C=O) groups excluding carboxylic acids is 1. The molecule has 0 saturated carbocycles. The van der Waals surface area contributed by atoms with Crippen LogP contribution in [0.2, 0.25) is 0 Å². The summed E-state index contributed by atoms with van der Waals surface area (Å²) in [4.78, 5) is 12.5. The molecular formula is C39H54O4. The molecule has 4 nitrogen and oxygen atoms in total. The fraction of sp³-hybridized carbons (Fsp3) is 0.513. The van der Waals surface area contributed by atoms with E-state index in [1.807, 2.05) is 43.3 Å². The van der Waals surface area contributed by atoms with E-state index in [2.05, 4.69) is 50.2 Å². The van der Waals surface area contributed by atoms with Crippen LogP contribution in [-0.4, -0.2) is 18.7 Å². The molecule has 1 atom stereocenters. The minimum atomic E-state index is -0.260. The summed E-state index contributed by atoms with van der Waals surface area (Å²) < 4.78 is 17.6. The summed E-state index contributed by atoms with van der Waals surface area (Å²) in [5.74, 6) is 1.48. The standard InChI is InChI=1S/C39H54O4/c1-4-6-8-10-11-12-13-14-16-30-41-37-26-22-34(23-27-37)35-24-28-38(29-25-35)42-31-33-18-20-36(21-19-33)39(40)43-32(3)17-15-9-7-5-2/h18-29,32H,4-17,30-31H2,1-3H3. The second-order valence-corrected chi connectivity index (χ2v) is 11.8. The van der Waals surface area contributed by atoms with Crippen molar-refractivity contribution >= 4 is 5.97 Å². The first-order chi connectivity index (χ1) is 21.1. The zero-order valence-electron chi connectivity index (χ0n) is 27.0. The molecule has 0 N–H and O–H groups in total. The molecule has 0 aromatic heterocycles. The van der Waals surface area contributed by atoms with E-state index in [-0.39, 0.29) is 12.1 Å². The van der Waals surface area contributed by atoms with E-state index in [4.69, 9.17) is 14.2 Å². The molecule has 43 heavy (non-hydrogen) atoms. The first-order valence-electron chi connectivity index (χ1n) is 16.8. The average Bonchev–Trinajstić information content (AvgIpc) is 3.04. The van der Waals surface area contributed by atoms with Crippen LogP contribution >= 0.6 is 0 Å². The number of unbranched alkanes of at least 4 members (excludes halogenated alkanes) is 11. The van der Waals surface area contributed by atoms with Crippen LogP contribution in [0.5, 0.6) is 11.5 Å². The molecule has 0 heterocycles. The third-order valence-electron chi connectivity index (χ3n) is 7.93. The van der Waals surface area contributed by atoms with Gasteiger partial charge in [0.2, 0.25) is 0 Å². The highest BCUT2D eigenvalue weighted by molar-refractivity contribution is 5.89. The molecular weight excluding hydrogens is 532 g/mol. The van der Waals surface area contributed by atoms with Crippen LogP contribution < -0.4 is 9.47 Å². The monoisotopic (exact) mass is 586 g/mol. The summed E-state index contributed by atoms with van der Waals surface area (Å²) in [5, 5.41) is 0. The highest BCUT2D eigenvalue weighted by Gasteiger charge is 2.12. The van der Waals surface area contributed by atoms with Crippen LogP contribution in [0.3, 0.4) is 0 Å². The Morgan fingerprint density at radius 2 is 1.07 bits per heavy atom. The molecule has 0 bridgehead atoms. The third-order valence-corrected chi connectivity index (χ3v) is 7.93. The number of rotatable bonds is 22. The summed E-state index contributed by atoms with van der Waals surface area (Å²) in [5.41, 5.74) is 3.87. The minimum absolute atomic E-state index is 0.0593. The van der Waals surface area contributed by atoms with E-state index in [9.17, 15) is 4.79 Å². The molecule has 3 aromatic rings. The zero-order valence-corrected chi connectivity index (χ0v) is 27.0. The zero-order chi connectivity index (χ0) is 30.5. The van der Waals surface area contributed by atoms with Crippen molar-refractivity contribution in [2.45, 2.75) is 123 Å². The van der Waals surface area contributed by atoms with Gasteiger partial charge in [0.15, 0.2) is 0 Å². The fourth-order valence-electron chi connectivity index (χ4n) is 5.16. The molecule has 3 aromatic carbocycles. The Labute approximate surface area is 261 Å². The Hall–Kier alpha value is -3.27. The lowest BCUT2D eigenvalue weighted by atomic mass is 10.1. The summed E-state index contributed by atoms with van der Waals surface area (Å²) in [6, 6.07) is 24.0. The number of hydrogen-bond donors (Lipinski definition) is 0. The van der Waals surface area contributed by atoms with Gasteiger partial charge in [-0.1, -0.05) is 121 Å². The van der Waals surface area contributed by atoms with Gasteiger partial charge in [0.05, 0.1) is 18.3 Å². The fourth-order valence-corrected chi connectivity index (χ4v) is 5.16. The Kier molecular flexibility index (Phi) is 16.4. The maximum atomic E-state index is 12.5. The summed E-state index contributed by atoms with van der Waals surface area (Å²) in [7, 11) is 0. The Morgan fingerprint density at radius 3 is 1.63 bits per heavy atom. The molecule has 0 amide bonds. The van der Waals surface area contributed by atoms with E-state index < -0.39 is 0 Å². The smallest absolute Gasteiger partial charge is 0.338 e. The molecule has 0 spiro atoms. The lowest BCUT2D eigenvalue weighted by Gasteiger charge is -2.13. The lowest BCUT2D eigenvalue weighted by molar-refractivity contribution is 0.0319. The molecule has 0 radical (unpaired) electrons. The average molecular weight is 587 g/mol. The minimum Gasteiger partial charge on any atom is -0.494 e. The van der Waals surface area contributed by atoms with Crippen LogP contribution in [0.1, 0.15) is 127 Å². The SMILES string of the molecule is CCCCCCCCCCCOc1ccc(-c2ccc(OCc3ccc(C(=O)OC(C)CCCCCC)cc3)cc2)cc1. The van der Waals surface area contributed by atoms with Crippen molar-refractivity contribution in [3.05, 3.63) is 83.9 Å². The molecule has 234 valence electrons. The van der Waals surface area contributed by atoms with E-state index in [0.29, 0.717) is 12.2 Å². The van der Waals surface area contributed by atoms with Gasteiger partial charge < -0.3 is 14.2 Å². The molecule has 4 heteroatoms. The van der Waals surface area contributed by atoms with Crippen LogP contribution in [0.4, 0.5) is 0 Å². The van der Waals surface area contributed by atoms with Crippen molar-refractivity contribution < 1.29 is 19.0 Å². The summed E-state index contributed by atoms with van der Waals surface area (Å²) in [6.45, 7) is 7.66. The molecule has 0 fully saturated rings. The Morgan fingerprint density at radius 1 is 0.581 bits per heavy atom. The van der Waals surface area contributed by atoms with Gasteiger partial charge in [-0.3, -0.25) is 0 Å². The first-order valence-corrected chi connectivity index (χ1v) is 16.8. The predicted molar refractivity (Wildman–Crippen MR) is 179 cm³/mol. The van der Waals surface area contributed by atoms with Crippen molar-refractivity contribution in [3.63, 3.8) is 0 Å². The van der Waals surface area contributed by atoms with Crippen LogP contribution in [0, 0.1) is 0 Å². The van der Waals surface area contributed by atoms with Gasteiger partial charge in [-0.15, -0.1) is 0 Å². The maximum Gasteiger partial charge on any atom is 0.338 e. The van der Waals surface area contributed by atoms with Crippen LogP contribution in [-0.2, 0) is 11.3 Å². The molecule has 3 rings (SSSR count). The van der Waals surface area contributed by atoms with Crippen molar-refractivity contribution in [2.75, 3.05) is 6.61 Å². The number of ether oxygens (including phenoxy) is 3. The Balaban J connectivity index is 1.34. The lowest BCUT2D eigenvalue weighted by Crippen LogP contribution is -2.15. The first kappa shape index (κ1) is 34.2. The maximum absolute atomic E-state index is 12.5. The normalized spacial score (nSPS) is 11.7. The Bertz CT molecular complexity index is 1140. The predicted octanol–water partition coefficient (Wildman–Crippen LogP) is 11.4. The van der Waals surface area contributed by atoms with Crippen LogP contribution in [0.25, 0.3) is 11.1 Å². The highest BCUT2D eigenvalue weighted by atomic mass is 16.5. The van der Waals surface area contributed by atoms with Crippen molar-refractivity contribution in [2.24, 2.45) is 0 Å². The molecule has 0 saturated heterocycles. The van der Waals surface area contributed by atoms with Crippen molar-refractivity contribution in [1.82, 2.24) is 0 Å². The van der Waals surface area contributed by atoms with Gasteiger partial charge in [0.1, 0.15) is 18.1 Å². The second kappa shape index (κ2) is 20.6. The van der Waals surface area contributed by atoms with Crippen LogP contribution in [0.15, 0.2) is 72.8 Å². The van der Waals surface area contributed by atoms with E-state index in [0.717, 1.165) is 54.1 Å². The van der Waals surface area contributed by atoms with E-state index in [1.165, 1.54) is 70.6 Å². The van der Waals surface area contributed by atoms with Gasteiger partial charge in [-0.05, 0) is 79.3 Å². The molecule has 1 unspecified atom stereocenters. The topological polar surface area (TPSA) is 44.8 Å². The molecule has 0 aliphatic carbocycles. The highest BCUT2D eigenvalue weighted by Crippen LogP contribution is 2.25. The van der Waals surface area contributed by atoms with E-state index in [1.54, 1.807) is 0 Å². The van der Waals surface area contributed by atoms with Crippen molar-refractivity contribution in [3.8, 4) is 22.6 Å². The number of hydrogen-bond acceptors (Lipinski definition) is 4. The summed E-state index contributed by atoms with van der Waals surface area (Å²) >= 11 is 0. The van der Waals surface area contributed by atoms with Gasteiger partial charge in [0.25, 0.3) is 0 Å².